The van der Waals surface area contributed by atoms with E-state index in [0.717, 1.165) is 24.6 Å². The van der Waals surface area contributed by atoms with Gasteiger partial charge >= 0.3 is 6.09 Å². The molecule has 55 heavy (non-hydrogen) atoms. The van der Waals surface area contributed by atoms with Gasteiger partial charge < -0.3 is 29.7 Å². The van der Waals surface area contributed by atoms with Crippen LogP contribution in [0.1, 0.15) is 92.4 Å². The Kier molecular flexibility index (Phi) is 10.5. The molecule has 2 aromatic rings. The Balaban J connectivity index is 1.21. The van der Waals surface area contributed by atoms with E-state index in [0.29, 0.717) is 42.7 Å². The van der Waals surface area contributed by atoms with Crippen molar-refractivity contribution in [1.82, 2.24) is 25.2 Å². The Bertz CT molecular complexity index is 1970. The van der Waals surface area contributed by atoms with Gasteiger partial charge in [-0.3, -0.25) is 19.1 Å². The maximum Gasteiger partial charge on any atom is 0.408 e. The normalized spacial score (nSPS) is 30.8. The Morgan fingerprint density at radius 3 is 2.40 bits per heavy atom. The lowest BCUT2D eigenvalue weighted by atomic mass is 9.88. The molecule has 1 saturated heterocycles. The van der Waals surface area contributed by atoms with Gasteiger partial charge in [0.15, 0.2) is 0 Å². The van der Waals surface area contributed by atoms with Gasteiger partial charge in [-0.25, -0.2) is 18.2 Å². The first kappa shape index (κ1) is 38.9. The molecule has 4 fully saturated rings. The number of pyridine rings is 1. The monoisotopic (exact) mass is 779 g/mol. The topological polar surface area (TPSA) is 182 Å². The summed E-state index contributed by atoms with van der Waals surface area (Å²) >= 11 is 0. The summed E-state index contributed by atoms with van der Waals surface area (Å²) in [5.74, 6) is -1.53. The van der Waals surface area contributed by atoms with Crippen LogP contribution in [0.15, 0.2) is 42.6 Å². The van der Waals surface area contributed by atoms with Crippen LogP contribution in [0.3, 0.4) is 0 Å². The van der Waals surface area contributed by atoms with Gasteiger partial charge in [0.1, 0.15) is 35.1 Å². The van der Waals surface area contributed by atoms with Crippen LogP contribution >= 0.6 is 0 Å². The molecule has 5 aliphatic rings. The number of hydrogen-bond donors (Lipinski definition) is 3. The largest absolute Gasteiger partial charge is 0.488 e. The minimum absolute atomic E-state index is 0.0133. The van der Waals surface area contributed by atoms with Crippen LogP contribution in [0, 0.1) is 17.8 Å². The number of sulfonamides is 1. The zero-order chi connectivity index (χ0) is 39.3. The highest BCUT2D eigenvalue weighted by Crippen LogP contribution is 2.46. The lowest BCUT2D eigenvalue weighted by Gasteiger charge is -2.33. The van der Waals surface area contributed by atoms with Crippen molar-refractivity contribution in [3.05, 3.63) is 42.6 Å². The van der Waals surface area contributed by atoms with Crippen LogP contribution in [0.2, 0.25) is 0 Å². The van der Waals surface area contributed by atoms with Crippen molar-refractivity contribution < 1.29 is 41.8 Å². The van der Waals surface area contributed by atoms with Crippen LogP contribution in [0.25, 0.3) is 10.8 Å². The smallest absolute Gasteiger partial charge is 0.408 e. The number of amides is 4. The van der Waals surface area contributed by atoms with Gasteiger partial charge in [0, 0.05) is 23.1 Å². The molecular formula is C40H53N5O9S. The number of rotatable bonds is 8. The SMILES string of the molecule is C[C@H]1CC/C=C\[C@H]2C[C@@]2(C(=O)NS(=O)(=O)C2CC2)NC(=O)[C@@H]2C[C@@H](Oc3ncc(OC4CC4)c4ccccc34)CN2C(=O)[C@@H](NC(=O)OC(C)(C)C)[C@H](C)C1. The first-order chi connectivity index (χ1) is 26.0. The molecular weight excluding hydrogens is 727 g/mol. The first-order valence-corrected chi connectivity index (χ1v) is 21.1. The molecule has 0 bridgehead atoms. The third kappa shape index (κ3) is 8.86. The summed E-state index contributed by atoms with van der Waals surface area (Å²) in [6.45, 7) is 9.19. The molecule has 7 rings (SSSR count). The van der Waals surface area contributed by atoms with Crippen molar-refractivity contribution in [1.29, 1.82) is 0 Å². The number of nitrogens with zero attached hydrogens (tertiary/aromatic N) is 2. The Labute approximate surface area is 322 Å². The van der Waals surface area contributed by atoms with E-state index >= 15 is 0 Å². The first-order valence-electron chi connectivity index (χ1n) is 19.6. The average molecular weight is 780 g/mol. The average Bonchev–Trinajstić information content (AvgIpc) is 4.01. The molecule has 0 unspecified atom stereocenters. The van der Waals surface area contributed by atoms with Gasteiger partial charge in [0.2, 0.25) is 27.7 Å². The fourth-order valence-corrected chi connectivity index (χ4v) is 9.15. The standard InChI is InChI=1S/C40H53N5O9S/c1-23-10-6-7-11-25-20-40(25,37(48)44-55(50,51)28-16-17-28)43-34(46)31-19-27(22-45(31)36(47)33(24(2)18-23)42-38(49)54-39(3,4)5)53-35-30-13-9-8-12-29(30)32(21-41-35)52-26-14-15-26/h7-9,11-13,21,23-28,31,33H,6,10,14-20,22H2,1-5H3,(H,42,49)(H,43,46)(H,44,48)/b11-7-/t23-,24+,25-,27+,31-,33-,40+/m0/s1. The van der Waals surface area contributed by atoms with Gasteiger partial charge in [0.05, 0.1) is 24.1 Å². The number of aromatic nitrogens is 1. The van der Waals surface area contributed by atoms with Gasteiger partial charge in [-0.15, -0.1) is 0 Å². The number of hydrogen-bond acceptors (Lipinski definition) is 10. The molecule has 0 radical (unpaired) electrons. The van der Waals surface area contributed by atoms with E-state index in [9.17, 15) is 27.6 Å². The number of benzene rings is 1. The molecule has 7 atom stereocenters. The minimum Gasteiger partial charge on any atom is -0.488 e. The molecule has 14 nitrogen and oxygen atoms in total. The van der Waals surface area contributed by atoms with Gasteiger partial charge in [-0.1, -0.05) is 44.2 Å². The molecule has 15 heteroatoms. The van der Waals surface area contributed by atoms with Gasteiger partial charge in [-0.05, 0) is 90.0 Å². The van der Waals surface area contributed by atoms with Crippen LogP contribution in [-0.4, -0.2) is 89.3 Å². The Morgan fingerprint density at radius 2 is 1.71 bits per heavy atom. The summed E-state index contributed by atoms with van der Waals surface area (Å²) in [4.78, 5) is 62.3. The Hall–Kier alpha value is -4.40. The van der Waals surface area contributed by atoms with Crippen LogP contribution in [-0.2, 0) is 29.1 Å². The summed E-state index contributed by atoms with van der Waals surface area (Å²) in [7, 11) is -3.90. The molecule has 0 spiro atoms. The number of fused-ring (bicyclic) bond motifs is 3. The van der Waals surface area contributed by atoms with Crippen molar-refractivity contribution in [3.63, 3.8) is 0 Å². The molecule has 1 aromatic carbocycles. The molecule has 3 saturated carbocycles. The number of carbonyl (C=O) groups is 4. The van der Waals surface area contributed by atoms with Crippen LogP contribution in [0.4, 0.5) is 4.79 Å². The van der Waals surface area contributed by atoms with E-state index in [1.807, 2.05) is 43.3 Å². The summed E-state index contributed by atoms with van der Waals surface area (Å²) in [6, 6.07) is 5.43. The second-order valence-electron chi connectivity index (χ2n) is 17.2. The zero-order valence-corrected chi connectivity index (χ0v) is 33.0. The molecule has 298 valence electrons. The predicted molar refractivity (Wildman–Crippen MR) is 203 cm³/mol. The fraction of sp³-hybridized carbons (Fsp3) is 0.625. The van der Waals surface area contributed by atoms with E-state index in [-0.39, 0.29) is 37.3 Å². The second-order valence-corrected chi connectivity index (χ2v) is 19.1. The maximum atomic E-state index is 14.8. The molecule has 3 heterocycles. The van der Waals surface area contributed by atoms with Gasteiger partial charge in [-0.2, -0.15) is 0 Å². The fourth-order valence-electron chi connectivity index (χ4n) is 7.78. The lowest BCUT2D eigenvalue weighted by molar-refractivity contribution is -0.142. The van der Waals surface area contributed by atoms with Crippen LogP contribution in [0.5, 0.6) is 11.6 Å². The molecule has 3 aliphatic carbocycles. The van der Waals surface area contributed by atoms with E-state index < -0.39 is 74.3 Å². The van der Waals surface area contributed by atoms with Crippen molar-refractivity contribution in [2.75, 3.05) is 6.54 Å². The minimum atomic E-state index is -3.90. The van der Waals surface area contributed by atoms with Crippen LogP contribution < -0.4 is 24.8 Å². The van der Waals surface area contributed by atoms with E-state index in [1.165, 1.54) is 4.90 Å². The highest BCUT2D eigenvalue weighted by atomic mass is 32.2. The summed E-state index contributed by atoms with van der Waals surface area (Å²) in [5.41, 5.74) is -2.33. The van der Waals surface area contributed by atoms with E-state index in [4.69, 9.17) is 14.2 Å². The zero-order valence-electron chi connectivity index (χ0n) is 32.2. The number of carbonyl (C=O) groups excluding carboxylic acids is 4. The summed E-state index contributed by atoms with van der Waals surface area (Å²) < 4.78 is 46.2. The molecule has 3 N–H and O–H groups in total. The molecule has 4 amide bonds. The van der Waals surface area contributed by atoms with E-state index in [1.54, 1.807) is 27.0 Å². The number of alkyl carbamates (subject to hydrolysis) is 1. The maximum absolute atomic E-state index is 14.8. The predicted octanol–water partition coefficient (Wildman–Crippen LogP) is 4.51. The van der Waals surface area contributed by atoms with Crippen molar-refractivity contribution in [2.45, 2.75) is 133 Å². The van der Waals surface area contributed by atoms with Gasteiger partial charge in [0.25, 0.3) is 5.91 Å². The number of nitrogens with one attached hydrogen (secondary N) is 3. The highest BCUT2D eigenvalue weighted by molar-refractivity contribution is 7.91. The van der Waals surface area contributed by atoms with E-state index in [2.05, 4.69) is 27.3 Å². The second kappa shape index (κ2) is 14.9. The Morgan fingerprint density at radius 1 is 0.982 bits per heavy atom. The summed E-state index contributed by atoms with van der Waals surface area (Å²) in [6.07, 6.45) is 9.42. The quantitative estimate of drug-likeness (QED) is 0.323. The molecule has 1 aromatic heterocycles. The van der Waals surface area contributed by atoms with Crippen molar-refractivity contribution >= 4 is 44.6 Å². The summed E-state index contributed by atoms with van der Waals surface area (Å²) in [5, 5.41) is 6.64. The number of ether oxygens (including phenoxy) is 3. The van der Waals surface area contributed by atoms with Crippen molar-refractivity contribution in [3.8, 4) is 11.6 Å². The molecule has 2 aliphatic heterocycles. The third-order valence-corrected chi connectivity index (χ3v) is 12.9. The van der Waals surface area contributed by atoms with Crippen molar-refractivity contribution in [2.24, 2.45) is 17.8 Å². The lowest BCUT2D eigenvalue weighted by Crippen LogP contribution is -2.59. The number of allylic oxidation sites excluding steroid dienone is 1. The third-order valence-electron chi connectivity index (χ3n) is 11.1. The highest BCUT2D eigenvalue weighted by Gasteiger charge is 2.62.